The number of benzene rings is 2. The SMILES string of the molecule is C=C(Nc1ccc(C(=C)OCCCN2CCOCC2)cc1)C(N)=CC1=N/C(c2ccc(C)c(OC)c2)=C\C=C/CC1. The molecule has 0 amide bonds. The minimum atomic E-state index is 0.534. The highest BCUT2D eigenvalue weighted by Crippen LogP contribution is 2.26. The van der Waals surface area contributed by atoms with Gasteiger partial charge in [0.15, 0.2) is 0 Å². The summed E-state index contributed by atoms with van der Waals surface area (Å²) in [5, 5.41) is 3.30. The van der Waals surface area contributed by atoms with Gasteiger partial charge in [-0.2, -0.15) is 0 Å². The molecule has 0 saturated carbocycles. The quantitative estimate of drug-likeness (QED) is 0.182. The molecule has 41 heavy (non-hydrogen) atoms. The molecule has 1 saturated heterocycles. The van der Waals surface area contributed by atoms with E-state index in [1.807, 2.05) is 61.5 Å². The summed E-state index contributed by atoms with van der Waals surface area (Å²) in [4.78, 5) is 7.35. The van der Waals surface area contributed by atoms with Crippen LogP contribution in [0.4, 0.5) is 5.69 Å². The molecule has 2 heterocycles. The van der Waals surface area contributed by atoms with Crippen molar-refractivity contribution in [3.63, 3.8) is 0 Å². The Morgan fingerprint density at radius 1 is 1.15 bits per heavy atom. The van der Waals surface area contributed by atoms with Crippen molar-refractivity contribution in [3.05, 3.63) is 108 Å². The number of nitrogens with zero attached hydrogens (tertiary/aromatic N) is 2. The van der Waals surface area contributed by atoms with E-state index in [0.29, 0.717) is 23.8 Å². The van der Waals surface area contributed by atoms with Gasteiger partial charge in [0, 0.05) is 42.2 Å². The molecule has 0 spiro atoms. The number of allylic oxidation sites excluding steroid dienone is 4. The summed E-state index contributed by atoms with van der Waals surface area (Å²) in [7, 11) is 1.68. The average molecular weight is 555 g/mol. The molecule has 2 aromatic rings. The Morgan fingerprint density at radius 2 is 1.93 bits per heavy atom. The van der Waals surface area contributed by atoms with E-state index in [1.54, 1.807) is 7.11 Å². The van der Waals surface area contributed by atoms with E-state index in [1.165, 1.54) is 0 Å². The zero-order valence-electron chi connectivity index (χ0n) is 24.3. The molecule has 7 heteroatoms. The minimum absolute atomic E-state index is 0.534. The highest BCUT2D eigenvalue weighted by atomic mass is 16.5. The number of hydrogen-bond donors (Lipinski definition) is 2. The first kappa shape index (κ1) is 29.9. The summed E-state index contributed by atoms with van der Waals surface area (Å²) in [6.45, 7) is 15.5. The molecule has 0 unspecified atom stereocenters. The second-order valence-electron chi connectivity index (χ2n) is 10.2. The number of hydrogen-bond acceptors (Lipinski definition) is 7. The van der Waals surface area contributed by atoms with E-state index < -0.39 is 0 Å². The van der Waals surface area contributed by atoms with Gasteiger partial charge < -0.3 is 25.3 Å². The Balaban J connectivity index is 1.33. The molecule has 2 aliphatic heterocycles. The lowest BCUT2D eigenvalue weighted by Crippen LogP contribution is -2.37. The standard InChI is InChI=1S/C34H42N4O3/c1-25-11-12-29(23-34(25)39-4)33-10-7-5-6-9-31(37-33)24-32(35)26(2)36-30-15-13-28(14-16-30)27(3)41-20-8-17-38-18-21-40-22-19-38/h5,7,10-16,23-24,36H,2-3,6,8-9,17-22,35H2,1,4H3/b7-5-,32-24?,33-10-,37-31?. The zero-order chi connectivity index (χ0) is 29.0. The smallest absolute Gasteiger partial charge is 0.122 e. The number of methoxy groups -OCH3 is 1. The molecule has 0 radical (unpaired) electrons. The second kappa shape index (κ2) is 15.1. The zero-order valence-corrected chi connectivity index (χ0v) is 24.3. The van der Waals surface area contributed by atoms with Crippen molar-refractivity contribution in [2.75, 3.05) is 51.9 Å². The molecular weight excluding hydrogens is 512 g/mol. The fourth-order valence-electron chi connectivity index (χ4n) is 4.62. The van der Waals surface area contributed by atoms with Crippen LogP contribution in [0.1, 0.15) is 36.0 Å². The van der Waals surface area contributed by atoms with Crippen LogP contribution in [0.3, 0.4) is 0 Å². The van der Waals surface area contributed by atoms with Crippen LogP contribution < -0.4 is 15.8 Å². The molecule has 7 nitrogen and oxygen atoms in total. The van der Waals surface area contributed by atoms with Gasteiger partial charge in [-0.15, -0.1) is 0 Å². The number of ether oxygens (including phenoxy) is 3. The number of anilines is 1. The predicted octanol–water partition coefficient (Wildman–Crippen LogP) is 6.31. The van der Waals surface area contributed by atoms with Crippen molar-refractivity contribution in [3.8, 4) is 5.75 Å². The summed E-state index contributed by atoms with van der Waals surface area (Å²) in [5.74, 6) is 1.51. The number of nitrogens with one attached hydrogen (secondary N) is 1. The monoisotopic (exact) mass is 554 g/mol. The van der Waals surface area contributed by atoms with Crippen LogP contribution >= 0.6 is 0 Å². The third kappa shape index (κ3) is 8.96. The second-order valence-corrected chi connectivity index (χ2v) is 10.2. The fourth-order valence-corrected chi connectivity index (χ4v) is 4.62. The lowest BCUT2D eigenvalue weighted by atomic mass is 10.1. The van der Waals surface area contributed by atoms with E-state index in [2.05, 4.69) is 35.5 Å². The predicted molar refractivity (Wildman–Crippen MR) is 170 cm³/mol. The maximum absolute atomic E-state index is 6.45. The molecule has 0 aromatic heterocycles. The topological polar surface area (TPSA) is 81.3 Å². The largest absolute Gasteiger partial charge is 0.496 e. The van der Waals surface area contributed by atoms with E-state index in [0.717, 1.165) is 91.6 Å². The first-order chi connectivity index (χ1) is 19.9. The Kier molecular flexibility index (Phi) is 11.0. The highest BCUT2D eigenvalue weighted by molar-refractivity contribution is 6.00. The van der Waals surface area contributed by atoms with E-state index in [4.69, 9.17) is 24.9 Å². The molecule has 3 N–H and O–H groups in total. The van der Waals surface area contributed by atoms with Crippen molar-refractivity contribution in [1.29, 1.82) is 0 Å². The van der Waals surface area contributed by atoms with Gasteiger partial charge in [-0.1, -0.05) is 37.4 Å². The number of morpholine rings is 1. The third-order valence-corrected chi connectivity index (χ3v) is 7.10. The summed E-state index contributed by atoms with van der Waals surface area (Å²) >= 11 is 0. The molecular formula is C34H42N4O3. The Labute approximate surface area is 244 Å². The Bertz CT molecular complexity index is 1330. The van der Waals surface area contributed by atoms with Gasteiger partial charge in [0.1, 0.15) is 11.5 Å². The van der Waals surface area contributed by atoms with Crippen LogP contribution in [-0.2, 0) is 9.47 Å². The molecule has 0 bridgehead atoms. The number of aryl methyl sites for hydroxylation is 1. The normalized spacial score (nSPS) is 18.2. The van der Waals surface area contributed by atoms with Crippen molar-refractivity contribution in [2.24, 2.45) is 10.7 Å². The minimum Gasteiger partial charge on any atom is -0.496 e. The van der Waals surface area contributed by atoms with Gasteiger partial charge in [0.2, 0.25) is 0 Å². The van der Waals surface area contributed by atoms with E-state index in [-0.39, 0.29) is 0 Å². The highest BCUT2D eigenvalue weighted by Gasteiger charge is 2.11. The molecule has 1 fully saturated rings. The molecule has 2 aliphatic rings. The van der Waals surface area contributed by atoms with Crippen molar-refractivity contribution in [2.45, 2.75) is 26.2 Å². The number of nitrogens with two attached hydrogens (primary N) is 1. The van der Waals surface area contributed by atoms with E-state index >= 15 is 0 Å². The average Bonchev–Trinajstić information content (AvgIpc) is 2.97. The van der Waals surface area contributed by atoms with Crippen molar-refractivity contribution in [1.82, 2.24) is 4.90 Å². The van der Waals surface area contributed by atoms with Gasteiger partial charge in [-0.3, -0.25) is 9.89 Å². The van der Waals surface area contributed by atoms with Crippen LogP contribution in [0.5, 0.6) is 5.75 Å². The van der Waals surface area contributed by atoms with Crippen molar-refractivity contribution >= 4 is 22.9 Å². The van der Waals surface area contributed by atoms with Gasteiger partial charge in [0.05, 0.1) is 44.0 Å². The summed E-state index contributed by atoms with van der Waals surface area (Å²) in [5.41, 5.74) is 13.2. The van der Waals surface area contributed by atoms with Gasteiger partial charge in [0.25, 0.3) is 0 Å². The lowest BCUT2D eigenvalue weighted by molar-refractivity contribution is 0.0353. The van der Waals surface area contributed by atoms with Crippen LogP contribution in [-0.4, -0.2) is 57.2 Å². The molecule has 216 valence electrons. The van der Waals surface area contributed by atoms with Gasteiger partial charge in [-0.25, -0.2) is 0 Å². The molecule has 2 aromatic carbocycles. The van der Waals surface area contributed by atoms with Crippen LogP contribution in [0.25, 0.3) is 11.5 Å². The Morgan fingerprint density at radius 3 is 2.68 bits per heavy atom. The summed E-state index contributed by atoms with van der Waals surface area (Å²) in [6.07, 6.45) is 10.7. The molecule has 0 atom stereocenters. The number of rotatable bonds is 12. The maximum Gasteiger partial charge on any atom is 0.122 e. The Hall–Kier alpha value is -4.07. The lowest BCUT2D eigenvalue weighted by Gasteiger charge is -2.26. The molecule has 0 aliphatic carbocycles. The summed E-state index contributed by atoms with van der Waals surface area (Å²) < 4.78 is 16.8. The van der Waals surface area contributed by atoms with Gasteiger partial charge >= 0.3 is 0 Å². The van der Waals surface area contributed by atoms with Crippen LogP contribution in [0, 0.1) is 6.92 Å². The van der Waals surface area contributed by atoms with Crippen LogP contribution in [0.15, 0.2) is 96.3 Å². The fraction of sp³-hybridized carbons (Fsp3) is 0.324. The summed E-state index contributed by atoms with van der Waals surface area (Å²) in [6, 6.07) is 14.0. The van der Waals surface area contributed by atoms with Crippen molar-refractivity contribution < 1.29 is 14.2 Å². The third-order valence-electron chi connectivity index (χ3n) is 7.10. The molecule has 4 rings (SSSR count). The van der Waals surface area contributed by atoms with Crippen LogP contribution in [0.2, 0.25) is 0 Å². The van der Waals surface area contributed by atoms with E-state index in [9.17, 15) is 0 Å². The first-order valence-corrected chi connectivity index (χ1v) is 14.2. The van der Waals surface area contributed by atoms with Gasteiger partial charge in [-0.05, 0) is 74.2 Å². The number of aliphatic imine (C=N–C) groups is 1. The first-order valence-electron chi connectivity index (χ1n) is 14.2. The maximum atomic E-state index is 6.45.